The SMILES string of the molecule is COCc1csc(-c2ccc(Br)cc2C(F)(F)F)n1. The largest absolute Gasteiger partial charge is 0.417 e. The third-order valence-electron chi connectivity index (χ3n) is 2.36. The minimum Gasteiger partial charge on any atom is -0.378 e. The molecule has 0 aliphatic carbocycles. The summed E-state index contributed by atoms with van der Waals surface area (Å²) in [4.78, 5) is 4.15. The minimum absolute atomic E-state index is 0.0862. The molecular weight excluding hydrogens is 343 g/mol. The van der Waals surface area contributed by atoms with E-state index in [1.807, 2.05) is 0 Å². The monoisotopic (exact) mass is 351 g/mol. The van der Waals surface area contributed by atoms with E-state index in [0.29, 0.717) is 15.2 Å². The molecule has 7 heteroatoms. The van der Waals surface area contributed by atoms with Crippen molar-refractivity contribution in [3.05, 3.63) is 39.3 Å². The van der Waals surface area contributed by atoms with Gasteiger partial charge in [-0.15, -0.1) is 11.3 Å². The van der Waals surface area contributed by atoms with Crippen LogP contribution in [0.3, 0.4) is 0 Å². The topological polar surface area (TPSA) is 22.1 Å². The molecule has 19 heavy (non-hydrogen) atoms. The van der Waals surface area contributed by atoms with Gasteiger partial charge in [-0.1, -0.05) is 22.0 Å². The third kappa shape index (κ3) is 3.34. The van der Waals surface area contributed by atoms with Crippen LogP contribution in [-0.2, 0) is 17.5 Å². The Kier molecular flexibility index (Phi) is 4.27. The molecule has 0 unspecified atom stereocenters. The third-order valence-corrected chi connectivity index (χ3v) is 3.78. The summed E-state index contributed by atoms with van der Waals surface area (Å²) in [6.07, 6.45) is -4.41. The molecule has 0 amide bonds. The van der Waals surface area contributed by atoms with Crippen molar-refractivity contribution in [3.8, 4) is 10.6 Å². The Labute approximate surface area is 120 Å². The highest BCUT2D eigenvalue weighted by Crippen LogP contribution is 2.39. The molecule has 102 valence electrons. The molecule has 0 spiro atoms. The lowest BCUT2D eigenvalue weighted by Crippen LogP contribution is -2.07. The van der Waals surface area contributed by atoms with Gasteiger partial charge in [0.25, 0.3) is 0 Å². The van der Waals surface area contributed by atoms with E-state index in [1.54, 1.807) is 11.4 Å². The summed E-state index contributed by atoms with van der Waals surface area (Å²) in [5, 5.41) is 2.04. The number of benzene rings is 1. The maximum atomic E-state index is 13.0. The molecule has 0 saturated carbocycles. The molecule has 1 heterocycles. The summed E-state index contributed by atoms with van der Waals surface area (Å²) in [5.74, 6) is 0. The fourth-order valence-electron chi connectivity index (χ4n) is 1.58. The summed E-state index contributed by atoms with van der Waals surface area (Å²) >= 11 is 4.23. The highest BCUT2D eigenvalue weighted by Gasteiger charge is 2.34. The smallest absolute Gasteiger partial charge is 0.378 e. The van der Waals surface area contributed by atoms with Gasteiger partial charge in [0.15, 0.2) is 0 Å². The van der Waals surface area contributed by atoms with Crippen LogP contribution in [-0.4, -0.2) is 12.1 Å². The first-order chi connectivity index (χ1) is 8.91. The average molecular weight is 352 g/mol. The van der Waals surface area contributed by atoms with Gasteiger partial charge in [0, 0.05) is 22.5 Å². The number of hydrogen-bond acceptors (Lipinski definition) is 3. The summed E-state index contributed by atoms with van der Waals surface area (Å²) in [6.45, 7) is 0.286. The van der Waals surface area contributed by atoms with Crippen molar-refractivity contribution in [1.82, 2.24) is 4.98 Å². The van der Waals surface area contributed by atoms with E-state index in [0.717, 1.165) is 6.07 Å². The fourth-order valence-corrected chi connectivity index (χ4v) is 2.79. The highest BCUT2D eigenvalue weighted by molar-refractivity contribution is 9.10. The van der Waals surface area contributed by atoms with Crippen LogP contribution in [0.4, 0.5) is 13.2 Å². The molecule has 0 N–H and O–H groups in total. The van der Waals surface area contributed by atoms with Crippen LogP contribution in [0.25, 0.3) is 10.6 Å². The number of methoxy groups -OCH3 is 1. The van der Waals surface area contributed by atoms with Crippen LogP contribution in [0, 0.1) is 0 Å². The van der Waals surface area contributed by atoms with Gasteiger partial charge in [0.05, 0.1) is 17.9 Å². The summed E-state index contributed by atoms with van der Waals surface area (Å²) < 4.78 is 44.3. The second-order valence-corrected chi connectivity index (χ2v) is 5.54. The molecule has 2 nitrogen and oxygen atoms in total. The predicted molar refractivity (Wildman–Crippen MR) is 71.0 cm³/mol. The molecule has 2 aromatic rings. The zero-order valence-electron chi connectivity index (χ0n) is 9.79. The number of rotatable bonds is 3. The molecule has 0 saturated heterocycles. The Morgan fingerprint density at radius 1 is 1.37 bits per heavy atom. The molecule has 1 aromatic carbocycles. The summed E-state index contributed by atoms with van der Waals surface area (Å²) in [6, 6.07) is 4.05. The van der Waals surface area contributed by atoms with Gasteiger partial charge in [0.2, 0.25) is 0 Å². The first-order valence-corrected chi connectivity index (χ1v) is 6.89. The van der Waals surface area contributed by atoms with Crippen molar-refractivity contribution >= 4 is 27.3 Å². The molecule has 0 radical (unpaired) electrons. The number of halogens is 4. The van der Waals surface area contributed by atoms with Crippen LogP contribution in [0.15, 0.2) is 28.1 Å². The lowest BCUT2D eigenvalue weighted by molar-refractivity contribution is -0.137. The lowest BCUT2D eigenvalue weighted by Gasteiger charge is -2.11. The average Bonchev–Trinajstić information content (AvgIpc) is 2.77. The molecular formula is C12H9BrF3NOS. The maximum absolute atomic E-state index is 13.0. The van der Waals surface area contributed by atoms with Gasteiger partial charge in [0.1, 0.15) is 5.01 Å². The van der Waals surface area contributed by atoms with E-state index in [1.165, 1.54) is 24.5 Å². The molecule has 0 fully saturated rings. The van der Waals surface area contributed by atoms with E-state index in [2.05, 4.69) is 20.9 Å². The molecule has 0 atom stereocenters. The number of thiazole rings is 1. The zero-order valence-corrected chi connectivity index (χ0v) is 12.2. The predicted octanol–water partition coefficient (Wildman–Crippen LogP) is 4.74. The number of nitrogens with zero attached hydrogens (tertiary/aromatic N) is 1. The van der Waals surface area contributed by atoms with Crippen LogP contribution in [0.2, 0.25) is 0 Å². The van der Waals surface area contributed by atoms with E-state index in [4.69, 9.17) is 4.74 Å². The molecule has 0 aliphatic rings. The Bertz CT molecular complexity index is 583. The Hall–Kier alpha value is -0.920. The maximum Gasteiger partial charge on any atom is 0.417 e. The van der Waals surface area contributed by atoms with Crippen molar-refractivity contribution < 1.29 is 17.9 Å². The lowest BCUT2D eigenvalue weighted by atomic mass is 10.1. The van der Waals surface area contributed by atoms with E-state index in [-0.39, 0.29) is 12.2 Å². The van der Waals surface area contributed by atoms with Crippen LogP contribution < -0.4 is 0 Å². The van der Waals surface area contributed by atoms with Gasteiger partial charge in [-0.2, -0.15) is 13.2 Å². The molecule has 0 bridgehead atoms. The van der Waals surface area contributed by atoms with Crippen LogP contribution in [0.5, 0.6) is 0 Å². The normalized spacial score (nSPS) is 11.8. The van der Waals surface area contributed by atoms with Crippen molar-refractivity contribution in [2.24, 2.45) is 0 Å². The van der Waals surface area contributed by atoms with Crippen LogP contribution in [0.1, 0.15) is 11.3 Å². The first-order valence-electron chi connectivity index (χ1n) is 5.22. The number of hydrogen-bond donors (Lipinski definition) is 0. The van der Waals surface area contributed by atoms with Crippen molar-refractivity contribution in [1.29, 1.82) is 0 Å². The molecule has 0 aliphatic heterocycles. The van der Waals surface area contributed by atoms with Crippen molar-refractivity contribution in [2.45, 2.75) is 12.8 Å². The van der Waals surface area contributed by atoms with E-state index >= 15 is 0 Å². The van der Waals surface area contributed by atoms with Crippen molar-refractivity contribution in [3.63, 3.8) is 0 Å². The zero-order chi connectivity index (χ0) is 14.0. The number of ether oxygens (including phenoxy) is 1. The fraction of sp³-hybridized carbons (Fsp3) is 0.250. The van der Waals surface area contributed by atoms with Gasteiger partial charge < -0.3 is 4.74 Å². The Morgan fingerprint density at radius 3 is 2.74 bits per heavy atom. The summed E-state index contributed by atoms with van der Waals surface area (Å²) in [7, 11) is 1.51. The van der Waals surface area contributed by atoms with Gasteiger partial charge in [-0.05, 0) is 12.1 Å². The Balaban J connectivity index is 2.48. The van der Waals surface area contributed by atoms with Gasteiger partial charge in [-0.3, -0.25) is 0 Å². The standard InChI is InChI=1S/C12H9BrF3NOS/c1-18-5-8-6-19-11(17-8)9-3-2-7(13)4-10(9)12(14,15)16/h2-4,6H,5H2,1H3. The number of alkyl halides is 3. The first kappa shape index (κ1) is 14.5. The molecule has 1 aromatic heterocycles. The number of aromatic nitrogens is 1. The van der Waals surface area contributed by atoms with E-state index < -0.39 is 11.7 Å². The second kappa shape index (κ2) is 5.60. The van der Waals surface area contributed by atoms with Gasteiger partial charge >= 0.3 is 6.18 Å². The molecule has 2 rings (SSSR count). The van der Waals surface area contributed by atoms with Gasteiger partial charge in [-0.25, -0.2) is 4.98 Å². The quantitative estimate of drug-likeness (QED) is 0.796. The summed E-state index contributed by atoms with van der Waals surface area (Å²) in [5.41, 5.74) is 0.0155. The highest BCUT2D eigenvalue weighted by atomic mass is 79.9. The van der Waals surface area contributed by atoms with E-state index in [9.17, 15) is 13.2 Å². The Morgan fingerprint density at radius 2 is 2.11 bits per heavy atom. The van der Waals surface area contributed by atoms with Crippen LogP contribution >= 0.6 is 27.3 Å². The minimum atomic E-state index is -4.41. The second-order valence-electron chi connectivity index (χ2n) is 3.76. The van der Waals surface area contributed by atoms with Crippen molar-refractivity contribution in [2.75, 3.05) is 7.11 Å².